The van der Waals surface area contributed by atoms with Gasteiger partial charge in [-0.2, -0.15) is 13.2 Å². The van der Waals surface area contributed by atoms with E-state index in [0.717, 1.165) is 42.5 Å². The monoisotopic (exact) mass is 730 g/mol. The second-order valence-electron chi connectivity index (χ2n) is 15.0. The summed E-state index contributed by atoms with van der Waals surface area (Å²) in [4.78, 5) is 42.7. The summed E-state index contributed by atoms with van der Waals surface area (Å²) in [5, 5.41) is 0. The van der Waals surface area contributed by atoms with Gasteiger partial charge in [-0.05, 0) is 132 Å². The maximum absolute atomic E-state index is 16.9. The molecule has 11 heteroatoms. The predicted octanol–water partition coefficient (Wildman–Crippen LogP) is 9.39. The van der Waals surface area contributed by atoms with Gasteiger partial charge in [-0.3, -0.25) is 14.4 Å². The molecule has 0 N–H and O–H groups in total. The Labute approximate surface area is 303 Å². The molecule has 2 aromatic carbocycles. The Hall–Kier alpha value is -3.86. The van der Waals surface area contributed by atoms with Crippen LogP contribution >= 0.6 is 0 Å². The molecular formula is C41H51F5N2O4. The second kappa shape index (κ2) is 16.9. The lowest BCUT2D eigenvalue weighted by Gasteiger charge is -2.26. The first-order valence-electron chi connectivity index (χ1n) is 18.1. The normalized spacial score (nSPS) is 14.6. The highest BCUT2D eigenvalue weighted by molar-refractivity contribution is 5.85. The van der Waals surface area contributed by atoms with Crippen molar-refractivity contribution in [2.75, 3.05) is 27.2 Å². The molecule has 1 aliphatic carbocycles. The van der Waals surface area contributed by atoms with Gasteiger partial charge < -0.3 is 14.2 Å². The molecule has 0 spiro atoms. The van der Waals surface area contributed by atoms with Crippen molar-refractivity contribution in [3.8, 4) is 11.1 Å². The van der Waals surface area contributed by atoms with Crippen molar-refractivity contribution in [1.82, 2.24) is 9.47 Å². The van der Waals surface area contributed by atoms with Gasteiger partial charge in [0, 0.05) is 35.7 Å². The minimum Gasteiger partial charge on any atom is -0.466 e. The van der Waals surface area contributed by atoms with Crippen molar-refractivity contribution < 1.29 is 36.3 Å². The van der Waals surface area contributed by atoms with Crippen molar-refractivity contribution in [3.63, 3.8) is 0 Å². The SMILES string of the molecule is CCOC(=O)C[C@H](CC(=O)C(CC(C)C)n1cc(CCCN(C)C)c(C)cc1=O)c1c(F)c(-c2c(C)cc(C3CC3)cc2C)cc(C(F)(F)F)c1F. The highest BCUT2D eigenvalue weighted by atomic mass is 19.4. The Morgan fingerprint density at radius 1 is 0.962 bits per heavy atom. The number of Topliss-reactive ketones (excluding diaryl/α,β-unsaturated/α-hetero) is 1. The summed E-state index contributed by atoms with van der Waals surface area (Å²) < 4.78 is 83.1. The summed E-state index contributed by atoms with van der Waals surface area (Å²) >= 11 is 0. The van der Waals surface area contributed by atoms with Crippen LogP contribution in [0.2, 0.25) is 0 Å². The Bertz CT molecular complexity index is 1820. The van der Waals surface area contributed by atoms with Crippen LogP contribution in [0.3, 0.4) is 0 Å². The lowest BCUT2D eigenvalue weighted by atomic mass is 9.82. The molecule has 4 rings (SSSR count). The van der Waals surface area contributed by atoms with Crippen LogP contribution < -0.4 is 5.56 Å². The highest BCUT2D eigenvalue weighted by Crippen LogP contribution is 2.46. The number of benzene rings is 2. The second-order valence-corrected chi connectivity index (χ2v) is 15.0. The number of ketones is 1. The van der Waals surface area contributed by atoms with Crippen molar-refractivity contribution in [2.45, 2.75) is 111 Å². The van der Waals surface area contributed by atoms with E-state index in [-0.39, 0.29) is 24.5 Å². The summed E-state index contributed by atoms with van der Waals surface area (Å²) in [6.45, 7) is 11.1. The molecule has 3 aromatic rings. The minimum absolute atomic E-state index is 0.0879. The first kappa shape index (κ1) is 40.9. The number of alkyl halides is 3. The minimum atomic E-state index is -5.21. The number of rotatable bonds is 16. The van der Waals surface area contributed by atoms with Crippen LogP contribution in [-0.2, 0) is 26.9 Å². The Morgan fingerprint density at radius 3 is 2.13 bits per heavy atom. The number of hydrogen-bond donors (Lipinski definition) is 0. The van der Waals surface area contributed by atoms with Crippen LogP contribution in [0.25, 0.3) is 11.1 Å². The van der Waals surface area contributed by atoms with Crippen molar-refractivity contribution in [3.05, 3.63) is 91.4 Å². The van der Waals surface area contributed by atoms with E-state index in [4.69, 9.17) is 4.74 Å². The Kier molecular flexibility index (Phi) is 13.3. The average Bonchev–Trinajstić information content (AvgIpc) is 3.87. The molecule has 52 heavy (non-hydrogen) atoms. The zero-order valence-corrected chi connectivity index (χ0v) is 31.5. The third-order valence-corrected chi connectivity index (χ3v) is 9.84. The van der Waals surface area contributed by atoms with Gasteiger partial charge in [0.1, 0.15) is 11.6 Å². The maximum atomic E-state index is 16.9. The van der Waals surface area contributed by atoms with Crippen LogP contribution in [0, 0.1) is 38.3 Å². The zero-order chi connectivity index (χ0) is 38.7. The molecule has 2 atom stereocenters. The molecule has 1 saturated carbocycles. The number of aromatic nitrogens is 1. The number of hydrogen-bond acceptors (Lipinski definition) is 5. The van der Waals surface area contributed by atoms with E-state index in [2.05, 4.69) is 0 Å². The fraction of sp³-hybridized carbons (Fsp3) is 0.537. The van der Waals surface area contributed by atoms with Gasteiger partial charge in [-0.15, -0.1) is 0 Å². The smallest absolute Gasteiger partial charge is 0.419 e. The van der Waals surface area contributed by atoms with Crippen LogP contribution in [0.5, 0.6) is 0 Å². The van der Waals surface area contributed by atoms with E-state index in [1.807, 2.05) is 51.9 Å². The lowest BCUT2D eigenvalue weighted by Crippen LogP contribution is -2.32. The molecule has 0 radical (unpaired) electrons. The van der Waals surface area contributed by atoms with Gasteiger partial charge in [0.2, 0.25) is 0 Å². The molecule has 0 amide bonds. The van der Waals surface area contributed by atoms with Crippen LogP contribution in [-0.4, -0.2) is 48.5 Å². The fourth-order valence-electron chi connectivity index (χ4n) is 7.18. The number of nitrogens with zero attached hydrogens (tertiary/aromatic N) is 2. The van der Waals surface area contributed by atoms with Gasteiger partial charge in [0.05, 0.1) is 24.6 Å². The van der Waals surface area contributed by atoms with Crippen molar-refractivity contribution in [1.29, 1.82) is 0 Å². The summed E-state index contributed by atoms with van der Waals surface area (Å²) in [6, 6.07) is 4.47. The van der Waals surface area contributed by atoms with Gasteiger partial charge in [0.25, 0.3) is 5.56 Å². The maximum Gasteiger partial charge on any atom is 0.419 e. The van der Waals surface area contributed by atoms with Gasteiger partial charge in [0.15, 0.2) is 5.78 Å². The Balaban J connectivity index is 1.88. The van der Waals surface area contributed by atoms with E-state index in [1.165, 1.54) is 17.6 Å². The molecule has 6 nitrogen and oxygen atoms in total. The predicted molar refractivity (Wildman–Crippen MR) is 193 cm³/mol. The number of aryl methyl sites for hydroxylation is 4. The topological polar surface area (TPSA) is 68.6 Å². The standard InChI is InChI=1S/C41H51F5N2O4/c1-9-52-36(51)20-30(19-34(49)33(15-23(2)3)48-22-28(11-10-14-47(7)8)24(4)18-35(48)50)38-39(42)31(21-32(40(38)43)41(44,45)46)37-25(5)16-29(17-26(37)6)27-12-13-27/h16-18,21-23,27,30,33H,9-15,19-20H2,1-8H3/t30-,33?/m0/s1. The number of ether oxygens (including phenoxy) is 1. The summed E-state index contributed by atoms with van der Waals surface area (Å²) in [5.41, 5.74) is 0.265. The third-order valence-electron chi connectivity index (χ3n) is 9.84. The molecule has 1 unspecified atom stereocenters. The largest absolute Gasteiger partial charge is 0.466 e. The van der Waals surface area contributed by atoms with Crippen LogP contribution in [0.15, 0.2) is 35.3 Å². The summed E-state index contributed by atoms with van der Waals surface area (Å²) in [6.07, 6.45) is -1.47. The molecule has 1 aliphatic rings. The van der Waals surface area contributed by atoms with E-state index in [9.17, 15) is 27.6 Å². The number of esters is 1. The average molecular weight is 731 g/mol. The molecule has 0 bridgehead atoms. The number of carbonyl (C=O) groups is 2. The molecule has 1 fully saturated rings. The van der Waals surface area contributed by atoms with E-state index in [1.54, 1.807) is 20.0 Å². The van der Waals surface area contributed by atoms with E-state index < -0.39 is 76.6 Å². The molecule has 284 valence electrons. The first-order chi connectivity index (χ1) is 24.3. The first-order valence-corrected chi connectivity index (χ1v) is 18.1. The molecule has 0 saturated heterocycles. The van der Waals surface area contributed by atoms with Crippen molar-refractivity contribution in [2.24, 2.45) is 5.92 Å². The van der Waals surface area contributed by atoms with Crippen LogP contribution in [0.1, 0.15) is 116 Å². The van der Waals surface area contributed by atoms with Gasteiger partial charge in [-0.25, -0.2) is 8.78 Å². The number of pyridine rings is 1. The van der Waals surface area contributed by atoms with Gasteiger partial charge in [-0.1, -0.05) is 26.0 Å². The summed E-state index contributed by atoms with van der Waals surface area (Å²) in [5.74, 6) is -6.14. The quantitative estimate of drug-likeness (QED) is 0.109. The van der Waals surface area contributed by atoms with Crippen molar-refractivity contribution >= 4 is 11.8 Å². The highest BCUT2D eigenvalue weighted by Gasteiger charge is 2.41. The third kappa shape index (κ3) is 9.76. The zero-order valence-electron chi connectivity index (χ0n) is 31.5. The van der Waals surface area contributed by atoms with Gasteiger partial charge >= 0.3 is 12.1 Å². The van der Waals surface area contributed by atoms with E-state index >= 15 is 8.78 Å². The fourth-order valence-corrected chi connectivity index (χ4v) is 7.18. The molecular weight excluding hydrogens is 679 g/mol. The molecule has 1 heterocycles. The van der Waals surface area contributed by atoms with Crippen LogP contribution in [0.4, 0.5) is 22.0 Å². The summed E-state index contributed by atoms with van der Waals surface area (Å²) in [7, 11) is 3.90. The Morgan fingerprint density at radius 2 is 1.60 bits per heavy atom. The van der Waals surface area contributed by atoms with E-state index in [0.29, 0.717) is 29.5 Å². The molecule has 0 aliphatic heterocycles. The number of carbonyl (C=O) groups excluding carboxylic acids is 2. The lowest BCUT2D eigenvalue weighted by molar-refractivity contribution is -0.143. The number of halogens is 5. The molecule has 1 aromatic heterocycles.